The molecule has 2 heterocycles. The summed E-state index contributed by atoms with van der Waals surface area (Å²) in [6.07, 6.45) is 0. The molecule has 0 bridgehead atoms. The minimum Gasteiger partial charge on any atom is -0.369 e. The van der Waals surface area contributed by atoms with E-state index in [4.69, 9.17) is 11.6 Å². The number of para-hydroxylation sites is 1. The molecule has 2 aromatic carbocycles. The topological polar surface area (TPSA) is 39.3 Å². The van der Waals surface area contributed by atoms with Crippen LogP contribution in [0, 0.1) is 0 Å². The molecule has 0 radical (unpaired) electrons. The lowest BCUT2D eigenvalue weighted by atomic mass is 10.1. The SMILES string of the molecule is Cl.O=c1[nH]c(-c2ccc(Cl)cc2)c(CN2CCN(c3ccccc3)CC2)s1. The Bertz CT molecular complexity index is 916. The number of aromatic amines is 1. The Balaban J connectivity index is 0.00000210. The molecule has 0 atom stereocenters. The lowest BCUT2D eigenvalue weighted by molar-refractivity contribution is 0.252. The van der Waals surface area contributed by atoms with Crippen molar-refractivity contribution >= 4 is 41.0 Å². The number of hydrogen-bond acceptors (Lipinski definition) is 4. The summed E-state index contributed by atoms with van der Waals surface area (Å²) in [5, 5.41) is 0.699. The van der Waals surface area contributed by atoms with Crippen molar-refractivity contribution < 1.29 is 0 Å². The molecule has 0 amide bonds. The van der Waals surface area contributed by atoms with Crippen LogP contribution in [0.2, 0.25) is 5.02 Å². The summed E-state index contributed by atoms with van der Waals surface area (Å²) in [4.78, 5) is 20.8. The van der Waals surface area contributed by atoms with Crippen molar-refractivity contribution in [1.29, 1.82) is 0 Å². The molecule has 1 aliphatic heterocycles. The zero-order chi connectivity index (χ0) is 17.9. The molecule has 0 saturated carbocycles. The molecule has 27 heavy (non-hydrogen) atoms. The maximum Gasteiger partial charge on any atom is 0.305 e. The van der Waals surface area contributed by atoms with Gasteiger partial charge < -0.3 is 9.88 Å². The Morgan fingerprint density at radius 2 is 1.63 bits per heavy atom. The molecule has 1 fully saturated rings. The summed E-state index contributed by atoms with van der Waals surface area (Å²) in [5.41, 5.74) is 3.20. The number of anilines is 1. The van der Waals surface area contributed by atoms with Gasteiger partial charge >= 0.3 is 4.87 Å². The molecule has 1 aliphatic rings. The fourth-order valence-corrected chi connectivity index (χ4v) is 4.35. The first-order valence-electron chi connectivity index (χ1n) is 8.69. The number of piperazine rings is 1. The van der Waals surface area contributed by atoms with Crippen LogP contribution in [0.4, 0.5) is 5.69 Å². The van der Waals surface area contributed by atoms with E-state index in [1.165, 1.54) is 17.0 Å². The lowest BCUT2D eigenvalue weighted by Crippen LogP contribution is -2.45. The Morgan fingerprint density at radius 1 is 0.963 bits per heavy atom. The van der Waals surface area contributed by atoms with Crippen LogP contribution < -0.4 is 9.77 Å². The van der Waals surface area contributed by atoms with Gasteiger partial charge in [0.05, 0.1) is 5.69 Å². The normalized spacial score (nSPS) is 14.8. The number of nitrogens with zero attached hydrogens (tertiary/aromatic N) is 2. The number of benzene rings is 2. The Labute approximate surface area is 173 Å². The maximum atomic E-state index is 11.9. The van der Waals surface area contributed by atoms with E-state index in [2.05, 4.69) is 39.0 Å². The quantitative estimate of drug-likeness (QED) is 0.673. The molecule has 1 N–H and O–H groups in total. The fourth-order valence-electron chi connectivity index (χ4n) is 3.33. The zero-order valence-electron chi connectivity index (χ0n) is 14.7. The highest BCUT2D eigenvalue weighted by atomic mass is 35.5. The third-order valence-corrected chi connectivity index (χ3v) is 5.83. The van der Waals surface area contributed by atoms with Crippen molar-refractivity contribution in [3.05, 3.63) is 74.2 Å². The summed E-state index contributed by atoms with van der Waals surface area (Å²) in [5.74, 6) is 0. The Kier molecular flexibility index (Phi) is 6.60. The van der Waals surface area contributed by atoms with E-state index in [0.29, 0.717) is 5.02 Å². The van der Waals surface area contributed by atoms with Crippen LogP contribution in [-0.2, 0) is 6.54 Å². The van der Waals surface area contributed by atoms with Gasteiger partial charge in [-0.25, -0.2) is 0 Å². The molecule has 4 rings (SSSR count). The van der Waals surface area contributed by atoms with Gasteiger partial charge in [0.15, 0.2) is 0 Å². The molecular formula is C20H21Cl2N3OS. The number of aromatic nitrogens is 1. The van der Waals surface area contributed by atoms with Crippen LogP contribution in [0.1, 0.15) is 4.88 Å². The van der Waals surface area contributed by atoms with Crippen LogP contribution in [-0.4, -0.2) is 36.1 Å². The third kappa shape index (κ3) is 4.74. The van der Waals surface area contributed by atoms with Gasteiger partial charge in [0.1, 0.15) is 0 Å². The number of halogens is 2. The molecule has 0 aliphatic carbocycles. The van der Waals surface area contributed by atoms with Gasteiger partial charge in [-0.15, -0.1) is 12.4 Å². The summed E-state index contributed by atoms with van der Waals surface area (Å²) >= 11 is 7.29. The van der Waals surface area contributed by atoms with Crippen LogP contribution in [0.3, 0.4) is 0 Å². The number of hydrogen-bond donors (Lipinski definition) is 1. The predicted octanol–water partition coefficient (Wildman–Crippen LogP) is 4.50. The minimum absolute atomic E-state index is 0. The second-order valence-corrected chi connectivity index (χ2v) is 7.92. The first-order valence-corrected chi connectivity index (χ1v) is 9.89. The minimum atomic E-state index is -0.00660. The van der Waals surface area contributed by atoms with E-state index < -0.39 is 0 Å². The maximum absolute atomic E-state index is 11.9. The highest BCUT2D eigenvalue weighted by molar-refractivity contribution is 7.09. The molecule has 1 aromatic heterocycles. The monoisotopic (exact) mass is 421 g/mol. The Hall–Kier alpha value is -1.79. The van der Waals surface area contributed by atoms with Gasteiger partial charge in [-0.3, -0.25) is 9.69 Å². The van der Waals surface area contributed by atoms with E-state index in [9.17, 15) is 4.79 Å². The largest absolute Gasteiger partial charge is 0.369 e. The number of thiazole rings is 1. The average molecular weight is 422 g/mol. The summed E-state index contributed by atoms with van der Waals surface area (Å²) in [6, 6.07) is 18.2. The highest BCUT2D eigenvalue weighted by Crippen LogP contribution is 2.26. The molecule has 3 aromatic rings. The van der Waals surface area contributed by atoms with Crippen LogP contribution >= 0.6 is 35.3 Å². The molecule has 7 heteroatoms. The second-order valence-electron chi connectivity index (χ2n) is 6.42. The Morgan fingerprint density at radius 3 is 2.30 bits per heavy atom. The van der Waals surface area contributed by atoms with Crippen molar-refractivity contribution in [2.45, 2.75) is 6.54 Å². The van der Waals surface area contributed by atoms with E-state index >= 15 is 0 Å². The van der Waals surface area contributed by atoms with Crippen molar-refractivity contribution in [3.8, 4) is 11.3 Å². The van der Waals surface area contributed by atoms with Gasteiger partial charge in [0.25, 0.3) is 0 Å². The number of H-pyrrole nitrogens is 1. The highest BCUT2D eigenvalue weighted by Gasteiger charge is 2.20. The van der Waals surface area contributed by atoms with Crippen molar-refractivity contribution in [1.82, 2.24) is 9.88 Å². The van der Waals surface area contributed by atoms with Crippen LogP contribution in [0.15, 0.2) is 59.4 Å². The molecular weight excluding hydrogens is 401 g/mol. The zero-order valence-corrected chi connectivity index (χ0v) is 17.1. The standard InChI is InChI=1S/C20H20ClN3OS.ClH/c21-16-8-6-15(7-9-16)19-18(26-20(25)22-19)14-23-10-12-24(13-11-23)17-4-2-1-3-5-17;/h1-9H,10-14H2,(H,22,25);1H. The van der Waals surface area contributed by atoms with Crippen molar-refractivity contribution in [2.75, 3.05) is 31.1 Å². The first-order chi connectivity index (χ1) is 12.7. The molecule has 0 unspecified atom stereocenters. The molecule has 1 saturated heterocycles. The smallest absolute Gasteiger partial charge is 0.305 e. The number of nitrogens with one attached hydrogen (secondary N) is 1. The van der Waals surface area contributed by atoms with E-state index in [1.807, 2.05) is 30.3 Å². The second kappa shape index (κ2) is 8.93. The summed E-state index contributed by atoms with van der Waals surface area (Å²) in [6.45, 7) is 4.77. The van der Waals surface area contributed by atoms with Crippen molar-refractivity contribution in [2.24, 2.45) is 0 Å². The van der Waals surface area contributed by atoms with Gasteiger partial charge in [-0.1, -0.05) is 53.3 Å². The van der Waals surface area contributed by atoms with E-state index in [-0.39, 0.29) is 17.3 Å². The first kappa shape index (κ1) is 20.0. The molecule has 0 spiro atoms. The number of rotatable bonds is 4. The van der Waals surface area contributed by atoms with Gasteiger partial charge in [0, 0.05) is 48.3 Å². The third-order valence-electron chi connectivity index (χ3n) is 4.72. The fraction of sp³-hybridized carbons (Fsp3) is 0.250. The van der Waals surface area contributed by atoms with Gasteiger partial charge in [0.2, 0.25) is 0 Å². The van der Waals surface area contributed by atoms with Crippen LogP contribution in [0.5, 0.6) is 0 Å². The average Bonchev–Trinajstić information content (AvgIpc) is 3.04. The van der Waals surface area contributed by atoms with E-state index in [0.717, 1.165) is 48.9 Å². The van der Waals surface area contributed by atoms with Gasteiger partial charge in [-0.2, -0.15) is 0 Å². The van der Waals surface area contributed by atoms with Crippen molar-refractivity contribution in [3.63, 3.8) is 0 Å². The summed E-state index contributed by atoms with van der Waals surface area (Å²) < 4.78 is 0. The molecule has 142 valence electrons. The summed E-state index contributed by atoms with van der Waals surface area (Å²) in [7, 11) is 0. The van der Waals surface area contributed by atoms with Crippen LogP contribution in [0.25, 0.3) is 11.3 Å². The van der Waals surface area contributed by atoms with E-state index in [1.54, 1.807) is 0 Å². The van der Waals surface area contributed by atoms with Gasteiger partial charge in [-0.05, 0) is 29.8 Å². The molecule has 4 nitrogen and oxygen atoms in total. The predicted molar refractivity (Wildman–Crippen MR) is 117 cm³/mol. The lowest BCUT2D eigenvalue weighted by Gasteiger charge is -2.36.